The standard InChI is InChI=1S/C20H38O2S.CH3.Sn/c1-2-3-4-5-6-7-8-9-10-11-12-13-14-15-16-17-20(21)22-18-19-23;;/h9-10,23H,2-8,11-19H2,1H3;1H3;/b10-9-;;. The van der Waals surface area contributed by atoms with E-state index in [1.165, 1.54) is 70.6 Å². The van der Waals surface area contributed by atoms with E-state index >= 15 is 0 Å². The summed E-state index contributed by atoms with van der Waals surface area (Å²) in [5.41, 5.74) is 0. The molecule has 0 rings (SSSR count). The van der Waals surface area contributed by atoms with E-state index in [0.29, 0.717) is 18.8 Å². The molecule has 0 saturated carbocycles. The number of esters is 1. The zero-order valence-electron chi connectivity index (χ0n) is 16.7. The molecule has 4 heteroatoms. The molecule has 0 heterocycles. The predicted octanol–water partition coefficient (Wildman–Crippen LogP) is 6.70. The van der Waals surface area contributed by atoms with Gasteiger partial charge in [-0.15, -0.1) is 0 Å². The molecule has 0 aliphatic carbocycles. The van der Waals surface area contributed by atoms with Gasteiger partial charge in [0.15, 0.2) is 0 Å². The molecule has 0 aliphatic rings. The summed E-state index contributed by atoms with van der Waals surface area (Å²) in [5, 5.41) is 0. The van der Waals surface area contributed by atoms with Crippen molar-refractivity contribution in [3.8, 4) is 0 Å². The van der Waals surface area contributed by atoms with E-state index in [1.807, 2.05) is 0 Å². The third kappa shape index (κ3) is 26.7. The second-order valence-electron chi connectivity index (χ2n) is 6.28. The van der Waals surface area contributed by atoms with Crippen molar-refractivity contribution >= 4 is 41.1 Å². The summed E-state index contributed by atoms with van der Waals surface area (Å²) in [6.45, 7) is 2.70. The van der Waals surface area contributed by atoms with Gasteiger partial charge in [-0.1, -0.05) is 70.4 Å². The number of allylic oxidation sites excluding steroid dienone is 2. The van der Waals surface area contributed by atoms with Gasteiger partial charge >= 0.3 is 33.4 Å². The summed E-state index contributed by atoms with van der Waals surface area (Å²) in [5.74, 6) is 0.537. The van der Waals surface area contributed by atoms with Crippen molar-refractivity contribution in [1.82, 2.24) is 0 Å². The van der Waals surface area contributed by atoms with Crippen molar-refractivity contribution in [2.45, 2.75) is 102 Å². The van der Waals surface area contributed by atoms with Crippen molar-refractivity contribution in [3.05, 3.63) is 12.2 Å². The first-order valence-electron chi connectivity index (χ1n) is 10.2. The number of unbranched alkanes of at least 4 members (excludes halogenated alkanes) is 11. The van der Waals surface area contributed by atoms with Crippen LogP contribution in [0.3, 0.4) is 0 Å². The van der Waals surface area contributed by atoms with Crippen molar-refractivity contribution in [1.29, 1.82) is 0 Å². The number of thiol groups is 1. The van der Waals surface area contributed by atoms with E-state index < -0.39 is 0 Å². The Kier molecular flexibility index (Phi) is 29.3. The molecule has 0 aliphatic heterocycles. The third-order valence-corrected chi connectivity index (χ3v) is 4.18. The van der Waals surface area contributed by atoms with Crippen LogP contribution < -0.4 is 0 Å². The Morgan fingerprint density at radius 2 is 1.32 bits per heavy atom. The number of carbonyl (C=O) groups excluding carboxylic acids is 1. The zero-order chi connectivity index (χ0) is 19.0. The van der Waals surface area contributed by atoms with E-state index in [9.17, 15) is 4.79 Å². The van der Waals surface area contributed by atoms with E-state index in [2.05, 4.69) is 36.6 Å². The van der Waals surface area contributed by atoms with Crippen molar-refractivity contribution in [2.24, 2.45) is 0 Å². The number of ether oxygens (including phenoxy) is 1. The van der Waals surface area contributed by atoms with Crippen molar-refractivity contribution in [2.75, 3.05) is 12.4 Å². The second kappa shape index (κ2) is 26.6. The molecule has 0 saturated heterocycles. The van der Waals surface area contributed by atoms with E-state index in [1.54, 1.807) is 22.5 Å². The number of hydrogen-bond donors (Lipinski definition) is 1. The van der Waals surface area contributed by atoms with Gasteiger partial charge in [-0.25, -0.2) is 0 Å². The van der Waals surface area contributed by atoms with Crippen LogP contribution in [0.25, 0.3) is 0 Å². The summed E-state index contributed by atoms with van der Waals surface area (Å²) in [4.78, 5) is 13.4. The molecule has 2 nitrogen and oxygen atoms in total. The fraction of sp³-hybridized carbons (Fsp3) is 0.857. The minimum absolute atomic E-state index is 0.0725. The second-order valence-corrected chi connectivity index (χ2v) is 6.73. The average Bonchev–Trinajstić information content (AvgIpc) is 2.64. The van der Waals surface area contributed by atoms with Crippen LogP contribution in [0.4, 0.5) is 0 Å². The number of carbonyl (C=O) groups is 1. The molecular weight excluding hydrogens is 435 g/mol. The molecule has 147 valence electrons. The van der Waals surface area contributed by atoms with E-state index in [-0.39, 0.29) is 5.97 Å². The number of hydrogen-bond acceptors (Lipinski definition) is 3. The van der Waals surface area contributed by atoms with Gasteiger partial charge in [-0.3, -0.25) is 4.79 Å². The first kappa shape index (κ1) is 27.6. The van der Waals surface area contributed by atoms with E-state index in [0.717, 1.165) is 12.8 Å². The van der Waals surface area contributed by atoms with Gasteiger partial charge in [0.05, 0.1) is 0 Å². The molecule has 25 heavy (non-hydrogen) atoms. The van der Waals surface area contributed by atoms with Crippen LogP contribution in [0, 0.1) is 0 Å². The summed E-state index contributed by atoms with van der Waals surface area (Å²) in [6, 6.07) is 0. The monoisotopic (exact) mass is 477 g/mol. The van der Waals surface area contributed by atoms with Crippen LogP contribution >= 0.6 is 12.6 Å². The Labute approximate surface area is 176 Å². The molecule has 0 amide bonds. The molecule has 0 N–H and O–H groups in total. The van der Waals surface area contributed by atoms with Crippen molar-refractivity contribution in [3.63, 3.8) is 0 Å². The minimum atomic E-state index is -0.0725. The quantitative estimate of drug-likeness (QED) is 0.0832. The Morgan fingerprint density at radius 3 is 1.84 bits per heavy atom. The van der Waals surface area contributed by atoms with Crippen molar-refractivity contribution < 1.29 is 9.53 Å². The zero-order valence-corrected chi connectivity index (χ0v) is 20.5. The van der Waals surface area contributed by atoms with E-state index in [4.69, 9.17) is 4.74 Å². The van der Waals surface area contributed by atoms with Crippen LogP contribution in [0.15, 0.2) is 12.2 Å². The fourth-order valence-electron chi connectivity index (χ4n) is 2.57. The maximum atomic E-state index is 11.3. The van der Waals surface area contributed by atoms with Crippen LogP contribution in [0.5, 0.6) is 0 Å². The summed E-state index contributed by atoms with van der Waals surface area (Å²) >= 11 is 5.56. The van der Waals surface area contributed by atoms with Gasteiger partial charge in [0.25, 0.3) is 0 Å². The molecule has 0 fully saturated rings. The Morgan fingerprint density at radius 1 is 0.840 bits per heavy atom. The molecule has 0 unspecified atom stereocenters. The Balaban J connectivity index is 0. The van der Waals surface area contributed by atoms with Gasteiger partial charge < -0.3 is 4.74 Å². The molecule has 0 spiro atoms. The van der Waals surface area contributed by atoms with Crippen LogP contribution in [-0.4, -0.2) is 40.9 Å². The molecule has 0 bridgehead atoms. The molecule has 0 aromatic carbocycles. The van der Waals surface area contributed by atoms with Gasteiger partial charge in [0.2, 0.25) is 0 Å². The normalized spacial score (nSPS) is 10.6. The average molecular weight is 476 g/mol. The van der Waals surface area contributed by atoms with Crippen LogP contribution in [-0.2, 0) is 9.53 Å². The summed E-state index contributed by atoms with van der Waals surface area (Å²) in [7, 11) is 0. The fourth-order valence-corrected chi connectivity index (χ4v) is 2.66. The summed E-state index contributed by atoms with van der Waals surface area (Å²) in [6.07, 6.45) is 21.9. The first-order valence-corrected chi connectivity index (χ1v) is 13.7. The van der Waals surface area contributed by atoms with Gasteiger partial charge in [-0.05, 0) is 32.1 Å². The molecule has 3 radical (unpaired) electrons. The van der Waals surface area contributed by atoms with Crippen LogP contribution in [0.1, 0.15) is 96.8 Å². The topological polar surface area (TPSA) is 26.3 Å². The van der Waals surface area contributed by atoms with Gasteiger partial charge in [0.1, 0.15) is 6.61 Å². The molecular formula is C21H41O2SSn. The number of rotatable bonds is 17. The predicted molar refractivity (Wildman–Crippen MR) is 116 cm³/mol. The van der Waals surface area contributed by atoms with Gasteiger partial charge in [-0.2, -0.15) is 12.6 Å². The Hall–Kier alpha value is 0.359. The summed E-state index contributed by atoms with van der Waals surface area (Å²) < 4.78 is 4.99. The molecule has 0 aromatic heterocycles. The molecule has 0 atom stereocenters. The SMILES string of the molecule is CCCCCCCC/C=C\CCCCCCCC(=O)OCCS.[CH3][Sn]. The Bertz CT molecular complexity index is 283. The maximum absolute atomic E-state index is 11.3. The molecule has 0 aromatic rings. The van der Waals surface area contributed by atoms with Gasteiger partial charge in [0, 0.05) is 12.2 Å². The van der Waals surface area contributed by atoms with Crippen LogP contribution in [0.2, 0.25) is 4.94 Å². The third-order valence-electron chi connectivity index (χ3n) is 4.00. The first-order chi connectivity index (χ1) is 12.3.